The van der Waals surface area contributed by atoms with Gasteiger partial charge < -0.3 is 10.0 Å². The molecule has 0 aromatic heterocycles. The number of carbonyl (C=O) groups is 2. The Morgan fingerprint density at radius 3 is 2.64 bits per heavy atom. The normalized spacial score (nSPS) is 22.0. The van der Waals surface area contributed by atoms with Crippen molar-refractivity contribution in [2.45, 2.75) is 19.8 Å². The van der Waals surface area contributed by atoms with Crippen molar-refractivity contribution >= 4 is 18.0 Å². The number of likely N-dealkylation sites (tertiary alicyclic amines) is 1. The Labute approximate surface area is 129 Å². The molecule has 22 heavy (non-hydrogen) atoms. The molecule has 1 N–H and O–H groups in total. The molecule has 0 aliphatic carbocycles. The van der Waals surface area contributed by atoms with Crippen LogP contribution in [0.15, 0.2) is 30.3 Å². The van der Waals surface area contributed by atoms with Crippen LogP contribution in [0, 0.1) is 17.7 Å². The number of benzene rings is 1. The molecule has 1 aromatic rings. The van der Waals surface area contributed by atoms with E-state index in [4.69, 9.17) is 5.11 Å². The van der Waals surface area contributed by atoms with Crippen LogP contribution in [0.4, 0.5) is 4.39 Å². The largest absolute Gasteiger partial charge is 0.481 e. The Bertz CT molecular complexity index is 568. The molecule has 0 bridgehead atoms. The highest BCUT2D eigenvalue weighted by Crippen LogP contribution is 2.24. The molecule has 2 rings (SSSR count). The zero-order chi connectivity index (χ0) is 16.1. The zero-order valence-electron chi connectivity index (χ0n) is 12.5. The molecule has 1 fully saturated rings. The van der Waals surface area contributed by atoms with E-state index >= 15 is 0 Å². The highest BCUT2D eigenvalue weighted by Gasteiger charge is 2.32. The maximum absolute atomic E-state index is 12.8. The molecule has 5 heteroatoms. The van der Waals surface area contributed by atoms with Gasteiger partial charge in [-0.25, -0.2) is 4.39 Å². The fraction of sp³-hybridized carbons (Fsp3) is 0.412. The number of carbonyl (C=O) groups excluding carboxylic acids is 1. The first kappa shape index (κ1) is 16.2. The second kappa shape index (κ2) is 7.20. The van der Waals surface area contributed by atoms with Crippen LogP contribution in [0.5, 0.6) is 0 Å². The van der Waals surface area contributed by atoms with Gasteiger partial charge in [0.25, 0.3) is 0 Å². The van der Waals surface area contributed by atoms with Crippen molar-refractivity contribution in [1.82, 2.24) is 4.90 Å². The summed E-state index contributed by atoms with van der Waals surface area (Å²) >= 11 is 0. The zero-order valence-corrected chi connectivity index (χ0v) is 12.5. The number of halogens is 1. The summed E-state index contributed by atoms with van der Waals surface area (Å²) in [6.45, 7) is 2.84. The molecule has 0 spiro atoms. The number of carboxylic acids is 1. The van der Waals surface area contributed by atoms with Gasteiger partial charge in [0.1, 0.15) is 5.82 Å². The topological polar surface area (TPSA) is 57.6 Å². The van der Waals surface area contributed by atoms with Gasteiger partial charge in [0.05, 0.1) is 5.92 Å². The number of aliphatic carboxylic acids is 1. The average Bonchev–Trinajstić information content (AvgIpc) is 2.48. The number of carboxylic acid groups (broad SMARTS) is 1. The van der Waals surface area contributed by atoms with E-state index in [9.17, 15) is 14.0 Å². The van der Waals surface area contributed by atoms with Gasteiger partial charge in [-0.2, -0.15) is 0 Å². The van der Waals surface area contributed by atoms with Crippen LogP contribution >= 0.6 is 0 Å². The van der Waals surface area contributed by atoms with Gasteiger partial charge in [-0.3, -0.25) is 9.59 Å². The Morgan fingerprint density at radius 2 is 2.05 bits per heavy atom. The molecule has 118 valence electrons. The van der Waals surface area contributed by atoms with E-state index in [2.05, 4.69) is 0 Å². The van der Waals surface area contributed by atoms with E-state index in [0.717, 1.165) is 5.56 Å². The Morgan fingerprint density at radius 1 is 1.36 bits per heavy atom. The highest BCUT2D eigenvalue weighted by atomic mass is 19.1. The Kier molecular flexibility index (Phi) is 5.31. The fourth-order valence-electron chi connectivity index (χ4n) is 2.74. The molecule has 4 nitrogen and oxygen atoms in total. The lowest BCUT2D eigenvalue weighted by atomic mass is 9.87. The number of nitrogens with zero attached hydrogens (tertiary/aromatic N) is 1. The SMILES string of the molecule is C[C@H]1CN(C(=O)C/C=C/c2ccc(F)cc2)CC[C@H]1C(=O)O. The van der Waals surface area contributed by atoms with Crippen molar-refractivity contribution in [2.24, 2.45) is 11.8 Å². The van der Waals surface area contributed by atoms with Crippen molar-refractivity contribution in [1.29, 1.82) is 0 Å². The smallest absolute Gasteiger partial charge is 0.306 e. The van der Waals surface area contributed by atoms with Gasteiger partial charge in [-0.05, 0) is 30.0 Å². The molecular weight excluding hydrogens is 285 g/mol. The second-order valence-electron chi connectivity index (χ2n) is 5.71. The summed E-state index contributed by atoms with van der Waals surface area (Å²) < 4.78 is 12.8. The fourth-order valence-corrected chi connectivity index (χ4v) is 2.74. The van der Waals surface area contributed by atoms with E-state index in [-0.39, 0.29) is 30.0 Å². The van der Waals surface area contributed by atoms with E-state index in [1.54, 1.807) is 29.2 Å². The van der Waals surface area contributed by atoms with Crippen LogP contribution in [0.25, 0.3) is 6.08 Å². The third-order valence-corrected chi connectivity index (χ3v) is 4.05. The van der Waals surface area contributed by atoms with Crippen molar-refractivity contribution in [3.05, 3.63) is 41.7 Å². The minimum atomic E-state index is -0.782. The third-order valence-electron chi connectivity index (χ3n) is 4.05. The lowest BCUT2D eigenvalue weighted by Crippen LogP contribution is -2.44. The molecule has 1 saturated heterocycles. The summed E-state index contributed by atoms with van der Waals surface area (Å²) in [6, 6.07) is 6.05. The number of rotatable bonds is 4. The van der Waals surface area contributed by atoms with Gasteiger partial charge in [0.15, 0.2) is 0 Å². The summed E-state index contributed by atoms with van der Waals surface area (Å²) in [5, 5.41) is 9.08. The predicted molar refractivity (Wildman–Crippen MR) is 81.5 cm³/mol. The molecule has 0 unspecified atom stereocenters. The highest BCUT2D eigenvalue weighted by molar-refractivity contribution is 5.79. The Hall–Kier alpha value is -2.17. The average molecular weight is 305 g/mol. The van der Waals surface area contributed by atoms with Crippen LogP contribution in [-0.2, 0) is 9.59 Å². The molecular formula is C17H20FNO3. The maximum Gasteiger partial charge on any atom is 0.306 e. The van der Waals surface area contributed by atoms with Crippen LogP contribution in [0.3, 0.4) is 0 Å². The number of piperidine rings is 1. The lowest BCUT2D eigenvalue weighted by molar-refractivity contribution is -0.148. The summed E-state index contributed by atoms with van der Waals surface area (Å²) in [6.07, 6.45) is 4.31. The van der Waals surface area contributed by atoms with E-state index < -0.39 is 5.97 Å². The van der Waals surface area contributed by atoms with Crippen LogP contribution in [-0.4, -0.2) is 35.0 Å². The second-order valence-corrected chi connectivity index (χ2v) is 5.71. The first-order valence-electron chi connectivity index (χ1n) is 7.40. The van der Waals surface area contributed by atoms with Gasteiger partial charge in [-0.1, -0.05) is 31.2 Å². The molecule has 1 aliphatic heterocycles. The van der Waals surface area contributed by atoms with E-state index in [1.165, 1.54) is 12.1 Å². The summed E-state index contributed by atoms with van der Waals surface area (Å²) in [5.41, 5.74) is 0.840. The third kappa shape index (κ3) is 4.16. The van der Waals surface area contributed by atoms with E-state index in [1.807, 2.05) is 6.92 Å². The number of hydrogen-bond acceptors (Lipinski definition) is 2. The predicted octanol–water partition coefficient (Wildman–Crippen LogP) is 2.80. The van der Waals surface area contributed by atoms with E-state index in [0.29, 0.717) is 19.5 Å². The molecule has 1 amide bonds. The number of hydrogen-bond donors (Lipinski definition) is 1. The van der Waals surface area contributed by atoms with Gasteiger partial charge in [-0.15, -0.1) is 0 Å². The first-order valence-corrected chi connectivity index (χ1v) is 7.40. The standard InChI is InChI=1S/C17H20FNO3/c1-12-11-19(10-9-15(12)17(21)22)16(20)4-2-3-13-5-7-14(18)8-6-13/h2-3,5-8,12,15H,4,9-11H2,1H3,(H,21,22)/b3-2+/t12-,15+/m0/s1. The monoisotopic (exact) mass is 305 g/mol. The molecule has 0 saturated carbocycles. The van der Waals surface area contributed by atoms with Crippen molar-refractivity contribution in [3.63, 3.8) is 0 Å². The quantitative estimate of drug-likeness (QED) is 0.930. The maximum atomic E-state index is 12.8. The van der Waals surface area contributed by atoms with Gasteiger partial charge >= 0.3 is 5.97 Å². The minimum absolute atomic E-state index is 0.00551. The number of amides is 1. The molecule has 0 radical (unpaired) electrons. The van der Waals surface area contributed by atoms with Crippen LogP contribution in [0.2, 0.25) is 0 Å². The first-order chi connectivity index (χ1) is 10.5. The lowest BCUT2D eigenvalue weighted by Gasteiger charge is -2.34. The van der Waals surface area contributed by atoms with Gasteiger partial charge in [0.2, 0.25) is 5.91 Å². The summed E-state index contributed by atoms with van der Waals surface area (Å²) in [4.78, 5) is 24.9. The molecule has 1 aromatic carbocycles. The molecule has 1 heterocycles. The van der Waals surface area contributed by atoms with Crippen molar-refractivity contribution in [2.75, 3.05) is 13.1 Å². The van der Waals surface area contributed by atoms with Crippen LogP contribution in [0.1, 0.15) is 25.3 Å². The molecule has 1 aliphatic rings. The Balaban J connectivity index is 1.85. The molecule has 2 atom stereocenters. The summed E-state index contributed by atoms with van der Waals surface area (Å²) in [7, 11) is 0. The van der Waals surface area contributed by atoms with Gasteiger partial charge in [0, 0.05) is 19.5 Å². The van der Waals surface area contributed by atoms with Crippen molar-refractivity contribution < 1.29 is 19.1 Å². The van der Waals surface area contributed by atoms with Crippen LogP contribution < -0.4 is 0 Å². The minimum Gasteiger partial charge on any atom is -0.481 e. The van der Waals surface area contributed by atoms with Crippen molar-refractivity contribution in [3.8, 4) is 0 Å². The summed E-state index contributed by atoms with van der Waals surface area (Å²) in [5.74, 6) is -1.47.